The van der Waals surface area contributed by atoms with Crippen molar-refractivity contribution in [2.24, 2.45) is 0 Å². The van der Waals surface area contributed by atoms with Crippen LogP contribution in [-0.4, -0.2) is 66.3 Å². The zero-order chi connectivity index (χ0) is 18.2. The monoisotopic (exact) mass is 351 g/mol. The summed E-state index contributed by atoms with van der Waals surface area (Å²) in [6.07, 6.45) is 1.59. The largest absolute Gasteiger partial charge is 0.464 e. The lowest BCUT2D eigenvalue weighted by molar-refractivity contribution is -0.140. The van der Waals surface area contributed by atoms with Crippen LogP contribution in [0.15, 0.2) is 0 Å². The number of morpholine rings is 1. The summed E-state index contributed by atoms with van der Waals surface area (Å²) < 4.78 is 10.3. The molecule has 0 unspecified atom stereocenters. The zero-order valence-electron chi connectivity index (χ0n) is 15.0. The van der Waals surface area contributed by atoms with E-state index in [1.165, 1.54) is 18.7 Å². The van der Waals surface area contributed by atoms with Crippen LogP contribution < -0.4 is 9.80 Å². The molecular weight excluding hydrogens is 326 g/mol. The standard InChI is InChI=1S/C16H25N5O4/c1-4-5-14-17-15(20-6-9-24-10-7-20)19-16(18-14)21(12(2)22)8-11-25-13(3)23/h4-11H2,1-3H3. The quantitative estimate of drug-likeness (QED) is 0.658. The molecule has 0 saturated carbocycles. The number of amides is 1. The van der Waals surface area contributed by atoms with Crippen molar-refractivity contribution in [1.82, 2.24) is 15.0 Å². The minimum absolute atomic E-state index is 0.0938. The second-order valence-electron chi connectivity index (χ2n) is 5.71. The minimum atomic E-state index is -0.389. The van der Waals surface area contributed by atoms with Gasteiger partial charge in [0.15, 0.2) is 0 Å². The molecule has 1 amide bonds. The third kappa shape index (κ3) is 5.63. The van der Waals surface area contributed by atoms with Crippen molar-refractivity contribution in [3.05, 3.63) is 5.82 Å². The lowest BCUT2D eigenvalue weighted by Crippen LogP contribution is -2.39. The van der Waals surface area contributed by atoms with E-state index in [4.69, 9.17) is 9.47 Å². The third-order valence-electron chi connectivity index (χ3n) is 3.67. The Balaban J connectivity index is 2.26. The molecule has 0 aliphatic carbocycles. The van der Waals surface area contributed by atoms with E-state index < -0.39 is 0 Å². The Morgan fingerprint density at radius 3 is 2.52 bits per heavy atom. The van der Waals surface area contributed by atoms with Gasteiger partial charge in [-0.05, 0) is 6.42 Å². The SMILES string of the molecule is CCCc1nc(N2CCOCC2)nc(N(CCOC(C)=O)C(C)=O)n1. The summed E-state index contributed by atoms with van der Waals surface area (Å²) >= 11 is 0. The second-order valence-corrected chi connectivity index (χ2v) is 5.71. The second kappa shape index (κ2) is 9.26. The minimum Gasteiger partial charge on any atom is -0.464 e. The highest BCUT2D eigenvalue weighted by atomic mass is 16.5. The smallest absolute Gasteiger partial charge is 0.302 e. The first-order valence-corrected chi connectivity index (χ1v) is 8.50. The number of carbonyl (C=O) groups excluding carboxylic acids is 2. The van der Waals surface area contributed by atoms with Gasteiger partial charge in [0.25, 0.3) is 0 Å². The van der Waals surface area contributed by atoms with E-state index in [0.717, 1.165) is 6.42 Å². The maximum Gasteiger partial charge on any atom is 0.302 e. The summed E-state index contributed by atoms with van der Waals surface area (Å²) in [6.45, 7) is 7.73. The van der Waals surface area contributed by atoms with E-state index in [1.807, 2.05) is 11.8 Å². The molecule has 1 saturated heterocycles. The zero-order valence-corrected chi connectivity index (χ0v) is 15.0. The Bertz CT molecular complexity index is 604. The van der Waals surface area contributed by atoms with E-state index in [0.29, 0.717) is 50.4 Å². The number of rotatable bonds is 7. The molecule has 2 heterocycles. The first-order valence-electron chi connectivity index (χ1n) is 8.50. The molecule has 9 heteroatoms. The van der Waals surface area contributed by atoms with Crippen LogP contribution in [0.25, 0.3) is 0 Å². The van der Waals surface area contributed by atoms with Crippen molar-refractivity contribution >= 4 is 23.8 Å². The summed E-state index contributed by atoms with van der Waals surface area (Å²) in [4.78, 5) is 39.8. The molecule has 138 valence electrons. The van der Waals surface area contributed by atoms with Crippen LogP contribution in [0.2, 0.25) is 0 Å². The Hall–Kier alpha value is -2.29. The Labute approximate surface area is 147 Å². The number of aryl methyl sites for hydroxylation is 1. The van der Waals surface area contributed by atoms with Crippen LogP contribution >= 0.6 is 0 Å². The molecule has 25 heavy (non-hydrogen) atoms. The molecule has 0 bridgehead atoms. The number of anilines is 2. The number of aromatic nitrogens is 3. The van der Waals surface area contributed by atoms with Gasteiger partial charge in [0, 0.05) is 33.4 Å². The van der Waals surface area contributed by atoms with Crippen LogP contribution in [0.3, 0.4) is 0 Å². The fourth-order valence-electron chi connectivity index (χ4n) is 2.44. The fourth-order valence-corrected chi connectivity index (χ4v) is 2.44. The lowest BCUT2D eigenvalue weighted by atomic mass is 10.3. The van der Waals surface area contributed by atoms with Crippen LogP contribution in [0, 0.1) is 0 Å². The predicted octanol–water partition coefficient (Wildman–Crippen LogP) is 0.577. The molecule has 1 aromatic heterocycles. The van der Waals surface area contributed by atoms with Crippen molar-refractivity contribution in [3.63, 3.8) is 0 Å². The molecule has 1 aliphatic heterocycles. The van der Waals surface area contributed by atoms with E-state index in [-0.39, 0.29) is 25.0 Å². The Morgan fingerprint density at radius 1 is 1.20 bits per heavy atom. The van der Waals surface area contributed by atoms with Gasteiger partial charge in [-0.25, -0.2) is 0 Å². The average Bonchev–Trinajstić information content (AvgIpc) is 2.59. The molecule has 1 aromatic rings. The van der Waals surface area contributed by atoms with Crippen molar-refractivity contribution in [1.29, 1.82) is 0 Å². The van der Waals surface area contributed by atoms with Gasteiger partial charge in [-0.2, -0.15) is 15.0 Å². The number of esters is 1. The van der Waals surface area contributed by atoms with E-state index in [1.54, 1.807) is 0 Å². The maximum absolute atomic E-state index is 12.0. The molecule has 1 aliphatic rings. The van der Waals surface area contributed by atoms with Crippen molar-refractivity contribution in [3.8, 4) is 0 Å². The van der Waals surface area contributed by atoms with Crippen molar-refractivity contribution in [2.75, 3.05) is 49.3 Å². The topological polar surface area (TPSA) is 97.7 Å². The number of hydrogen-bond acceptors (Lipinski definition) is 8. The van der Waals surface area contributed by atoms with Crippen LogP contribution in [0.1, 0.15) is 33.0 Å². The van der Waals surface area contributed by atoms with Gasteiger partial charge in [-0.3, -0.25) is 14.5 Å². The first-order chi connectivity index (χ1) is 12.0. The number of carbonyl (C=O) groups is 2. The first kappa shape index (κ1) is 19.0. The highest BCUT2D eigenvalue weighted by Crippen LogP contribution is 2.16. The summed E-state index contributed by atoms with van der Waals surface area (Å²) in [7, 11) is 0. The number of hydrogen-bond donors (Lipinski definition) is 0. The third-order valence-corrected chi connectivity index (χ3v) is 3.67. The Kier molecular flexibility index (Phi) is 7.05. The van der Waals surface area contributed by atoms with Gasteiger partial charge in [-0.1, -0.05) is 6.92 Å². The molecule has 0 N–H and O–H groups in total. The molecule has 1 fully saturated rings. The maximum atomic E-state index is 12.0. The van der Waals surface area contributed by atoms with Crippen LogP contribution in [-0.2, 0) is 25.5 Å². The molecule has 0 aromatic carbocycles. The van der Waals surface area contributed by atoms with Crippen LogP contribution in [0.4, 0.5) is 11.9 Å². The summed E-state index contributed by atoms with van der Waals surface area (Å²) in [5, 5.41) is 0. The molecule has 0 atom stereocenters. The van der Waals surface area contributed by atoms with E-state index in [9.17, 15) is 9.59 Å². The molecule has 9 nitrogen and oxygen atoms in total. The highest BCUT2D eigenvalue weighted by Gasteiger charge is 2.21. The van der Waals surface area contributed by atoms with Crippen molar-refractivity contribution < 1.29 is 19.1 Å². The molecular formula is C16H25N5O4. The summed E-state index contributed by atoms with van der Waals surface area (Å²) in [6, 6.07) is 0. The van der Waals surface area contributed by atoms with Gasteiger partial charge >= 0.3 is 5.97 Å². The predicted molar refractivity (Wildman–Crippen MR) is 91.5 cm³/mol. The van der Waals surface area contributed by atoms with Gasteiger partial charge in [-0.15, -0.1) is 0 Å². The number of nitrogens with zero attached hydrogens (tertiary/aromatic N) is 5. The number of ether oxygens (including phenoxy) is 2. The molecule has 2 rings (SSSR count). The summed E-state index contributed by atoms with van der Waals surface area (Å²) in [5.74, 6) is 0.886. The molecule has 0 radical (unpaired) electrons. The van der Waals surface area contributed by atoms with Crippen molar-refractivity contribution in [2.45, 2.75) is 33.6 Å². The Morgan fingerprint density at radius 2 is 1.92 bits per heavy atom. The normalized spacial score (nSPS) is 14.3. The van der Waals surface area contributed by atoms with Gasteiger partial charge in [0.2, 0.25) is 17.8 Å². The summed E-state index contributed by atoms with van der Waals surface area (Å²) in [5.41, 5.74) is 0. The van der Waals surface area contributed by atoms with E-state index >= 15 is 0 Å². The van der Waals surface area contributed by atoms with Gasteiger partial charge < -0.3 is 14.4 Å². The fraction of sp³-hybridized carbons (Fsp3) is 0.688. The molecule has 0 spiro atoms. The van der Waals surface area contributed by atoms with Crippen LogP contribution in [0.5, 0.6) is 0 Å². The van der Waals surface area contributed by atoms with E-state index in [2.05, 4.69) is 15.0 Å². The van der Waals surface area contributed by atoms with Gasteiger partial charge in [0.05, 0.1) is 19.8 Å². The lowest BCUT2D eigenvalue weighted by Gasteiger charge is -2.28. The van der Waals surface area contributed by atoms with Gasteiger partial charge in [0.1, 0.15) is 12.4 Å². The average molecular weight is 351 g/mol. The highest BCUT2D eigenvalue weighted by molar-refractivity contribution is 5.89.